The van der Waals surface area contributed by atoms with Gasteiger partial charge in [0.15, 0.2) is 0 Å². The zero-order chi connectivity index (χ0) is 25.4. The Balaban J connectivity index is 1.11. The number of benzene rings is 2. The van der Waals surface area contributed by atoms with E-state index in [-0.39, 0.29) is 23.8 Å². The van der Waals surface area contributed by atoms with E-state index >= 15 is 0 Å². The molecule has 2 fully saturated rings. The molecule has 2 aliphatic heterocycles. The van der Waals surface area contributed by atoms with E-state index in [0.717, 1.165) is 49.5 Å². The highest BCUT2D eigenvalue weighted by Gasteiger charge is 2.35. The van der Waals surface area contributed by atoms with E-state index in [1.54, 1.807) is 0 Å². The number of carbonyl (C=O) groups excluding carboxylic acids is 2. The highest BCUT2D eigenvalue weighted by atomic mass is 16.5. The number of piperidine rings is 1. The number of carbonyl (C=O) groups is 2. The SMILES string of the molecule is C[C@@H]1C[C@H](OC[C@@H](O)CN2CCC(CN3C(=O)c4cccc5cccc(c45)C3=O)CC2)CC(C)(C)C1. The standard InChI is InChI=1S/C30H40N2O4/c1-20-14-24(16-30(2,3)15-20)36-19-23(33)18-31-12-10-21(11-13-31)17-32-28(34)25-8-4-6-22-7-5-9-26(27(22)25)29(32)35/h4-9,20-21,23-24,33H,10-19H2,1-3H3/t20-,23+,24+/m1/s1. The lowest BCUT2D eigenvalue weighted by atomic mass is 9.71. The van der Waals surface area contributed by atoms with E-state index in [1.807, 2.05) is 36.4 Å². The van der Waals surface area contributed by atoms with Crippen LogP contribution in [0.1, 0.15) is 73.6 Å². The average Bonchev–Trinajstić information content (AvgIpc) is 2.83. The summed E-state index contributed by atoms with van der Waals surface area (Å²) >= 11 is 0. The number of rotatable bonds is 7. The summed E-state index contributed by atoms with van der Waals surface area (Å²) in [5.74, 6) is 0.576. The molecular formula is C30H40N2O4. The first kappa shape index (κ1) is 25.4. The Morgan fingerprint density at radius 3 is 2.28 bits per heavy atom. The van der Waals surface area contributed by atoms with Gasteiger partial charge in [0.2, 0.25) is 0 Å². The largest absolute Gasteiger partial charge is 0.389 e. The molecule has 36 heavy (non-hydrogen) atoms. The van der Waals surface area contributed by atoms with Crippen molar-refractivity contribution in [3.8, 4) is 0 Å². The van der Waals surface area contributed by atoms with Crippen LogP contribution < -0.4 is 0 Å². The Morgan fingerprint density at radius 2 is 1.67 bits per heavy atom. The van der Waals surface area contributed by atoms with Crippen LogP contribution in [0.3, 0.4) is 0 Å². The molecule has 3 aliphatic rings. The summed E-state index contributed by atoms with van der Waals surface area (Å²) in [6, 6.07) is 11.3. The second kappa shape index (κ2) is 10.2. The van der Waals surface area contributed by atoms with Crippen LogP contribution in [0.5, 0.6) is 0 Å². The number of likely N-dealkylation sites (tertiary alicyclic amines) is 1. The lowest BCUT2D eigenvalue weighted by molar-refractivity contribution is -0.0628. The van der Waals surface area contributed by atoms with E-state index in [4.69, 9.17) is 4.74 Å². The summed E-state index contributed by atoms with van der Waals surface area (Å²) in [7, 11) is 0. The van der Waals surface area contributed by atoms with E-state index in [1.165, 1.54) is 11.3 Å². The summed E-state index contributed by atoms with van der Waals surface area (Å²) < 4.78 is 6.13. The van der Waals surface area contributed by atoms with Gasteiger partial charge in [0, 0.05) is 29.6 Å². The maximum atomic E-state index is 13.2. The summed E-state index contributed by atoms with van der Waals surface area (Å²) in [6.45, 7) is 10.1. The van der Waals surface area contributed by atoms with Crippen LogP contribution in [-0.4, -0.2) is 71.7 Å². The molecule has 1 saturated carbocycles. The predicted molar refractivity (Wildman–Crippen MR) is 141 cm³/mol. The minimum Gasteiger partial charge on any atom is -0.389 e. The summed E-state index contributed by atoms with van der Waals surface area (Å²) in [6.07, 6.45) is 4.93. The van der Waals surface area contributed by atoms with Crippen molar-refractivity contribution in [2.75, 3.05) is 32.8 Å². The van der Waals surface area contributed by atoms with Crippen molar-refractivity contribution in [1.29, 1.82) is 0 Å². The zero-order valence-corrected chi connectivity index (χ0v) is 21.9. The number of nitrogens with zero attached hydrogens (tertiary/aromatic N) is 2. The molecule has 6 heteroatoms. The van der Waals surface area contributed by atoms with Crippen molar-refractivity contribution in [2.24, 2.45) is 17.3 Å². The molecule has 3 atom stereocenters. The minimum atomic E-state index is -0.496. The fourth-order valence-corrected chi connectivity index (χ4v) is 6.84. The summed E-state index contributed by atoms with van der Waals surface area (Å²) in [4.78, 5) is 30.2. The molecule has 0 radical (unpaired) electrons. The van der Waals surface area contributed by atoms with Crippen molar-refractivity contribution in [3.63, 3.8) is 0 Å². The van der Waals surface area contributed by atoms with Gasteiger partial charge in [0.25, 0.3) is 11.8 Å². The minimum absolute atomic E-state index is 0.181. The first-order valence-electron chi connectivity index (χ1n) is 13.6. The molecule has 2 amide bonds. The number of imide groups is 1. The molecule has 194 valence electrons. The molecule has 0 spiro atoms. The van der Waals surface area contributed by atoms with Gasteiger partial charge in [-0.1, -0.05) is 45.0 Å². The number of hydrogen-bond acceptors (Lipinski definition) is 5. The Morgan fingerprint density at radius 1 is 1.03 bits per heavy atom. The summed E-state index contributed by atoms with van der Waals surface area (Å²) in [5.41, 5.74) is 1.55. The molecule has 0 unspecified atom stereocenters. The molecule has 1 N–H and O–H groups in total. The molecule has 2 aromatic rings. The first-order valence-corrected chi connectivity index (χ1v) is 13.6. The van der Waals surface area contributed by atoms with Gasteiger partial charge in [-0.3, -0.25) is 14.5 Å². The molecule has 0 aromatic heterocycles. The molecule has 2 heterocycles. The third kappa shape index (κ3) is 5.36. The van der Waals surface area contributed by atoms with E-state index in [2.05, 4.69) is 25.7 Å². The molecule has 2 aromatic carbocycles. The third-order valence-corrected chi connectivity index (χ3v) is 8.34. The van der Waals surface area contributed by atoms with Gasteiger partial charge in [-0.2, -0.15) is 0 Å². The number of β-amino-alcohol motifs (C(OH)–C–C–N with tert-alkyl or cyclic N) is 1. The van der Waals surface area contributed by atoms with Crippen LogP contribution in [0.25, 0.3) is 10.8 Å². The molecule has 6 nitrogen and oxygen atoms in total. The van der Waals surface area contributed by atoms with Crippen molar-refractivity contribution < 1.29 is 19.4 Å². The lowest BCUT2D eigenvalue weighted by Gasteiger charge is -2.39. The van der Waals surface area contributed by atoms with E-state index < -0.39 is 6.10 Å². The number of aliphatic hydroxyl groups is 1. The van der Waals surface area contributed by atoms with Gasteiger partial charge >= 0.3 is 0 Å². The van der Waals surface area contributed by atoms with Crippen molar-refractivity contribution >= 4 is 22.6 Å². The summed E-state index contributed by atoms with van der Waals surface area (Å²) in [5, 5.41) is 12.3. The van der Waals surface area contributed by atoms with Gasteiger partial charge in [0.05, 0.1) is 18.8 Å². The Bertz CT molecular complexity index is 1070. The highest BCUT2D eigenvalue weighted by molar-refractivity contribution is 6.25. The normalized spacial score (nSPS) is 25.9. The Labute approximate surface area is 214 Å². The number of hydrogen-bond donors (Lipinski definition) is 1. The van der Waals surface area contributed by atoms with E-state index in [0.29, 0.717) is 42.2 Å². The van der Waals surface area contributed by atoms with Crippen molar-refractivity contribution in [1.82, 2.24) is 9.80 Å². The lowest BCUT2D eigenvalue weighted by Crippen LogP contribution is -2.46. The van der Waals surface area contributed by atoms with Crippen LogP contribution in [0, 0.1) is 17.3 Å². The maximum absolute atomic E-state index is 13.2. The van der Waals surface area contributed by atoms with Gasteiger partial charge in [0.1, 0.15) is 0 Å². The van der Waals surface area contributed by atoms with Gasteiger partial charge in [-0.15, -0.1) is 0 Å². The number of ether oxygens (including phenoxy) is 1. The fraction of sp³-hybridized carbons (Fsp3) is 0.600. The van der Waals surface area contributed by atoms with Gasteiger partial charge in [-0.05, 0) is 80.0 Å². The first-order chi connectivity index (χ1) is 17.2. The molecule has 5 rings (SSSR count). The van der Waals surface area contributed by atoms with Crippen molar-refractivity contribution in [3.05, 3.63) is 47.5 Å². The second-order valence-electron chi connectivity index (χ2n) is 12.2. The predicted octanol–water partition coefficient (Wildman–Crippen LogP) is 4.74. The maximum Gasteiger partial charge on any atom is 0.261 e. The molecule has 1 saturated heterocycles. The van der Waals surface area contributed by atoms with Crippen LogP contribution in [0.2, 0.25) is 0 Å². The van der Waals surface area contributed by atoms with E-state index in [9.17, 15) is 14.7 Å². The smallest absolute Gasteiger partial charge is 0.261 e. The van der Waals surface area contributed by atoms with Gasteiger partial charge < -0.3 is 14.7 Å². The monoisotopic (exact) mass is 492 g/mol. The molecular weight excluding hydrogens is 452 g/mol. The van der Waals surface area contributed by atoms with Crippen LogP contribution in [0.15, 0.2) is 36.4 Å². The highest BCUT2D eigenvalue weighted by Crippen LogP contribution is 2.39. The second-order valence-corrected chi connectivity index (χ2v) is 12.2. The fourth-order valence-electron chi connectivity index (χ4n) is 6.84. The van der Waals surface area contributed by atoms with Gasteiger partial charge in [-0.25, -0.2) is 0 Å². The number of amides is 2. The quantitative estimate of drug-likeness (QED) is 0.566. The Hall–Kier alpha value is -2.28. The van der Waals surface area contributed by atoms with Crippen LogP contribution in [-0.2, 0) is 4.74 Å². The van der Waals surface area contributed by atoms with Crippen molar-refractivity contribution in [2.45, 2.75) is 65.1 Å². The van der Waals surface area contributed by atoms with Crippen LogP contribution >= 0.6 is 0 Å². The zero-order valence-electron chi connectivity index (χ0n) is 21.9. The molecule has 0 bridgehead atoms. The van der Waals surface area contributed by atoms with Crippen LogP contribution in [0.4, 0.5) is 0 Å². The average molecular weight is 493 g/mol. The molecule has 1 aliphatic carbocycles. The third-order valence-electron chi connectivity index (χ3n) is 8.34. The Kier molecular flexibility index (Phi) is 7.21. The number of aliphatic hydroxyl groups excluding tert-OH is 1. The topological polar surface area (TPSA) is 70.1 Å².